The van der Waals surface area contributed by atoms with Crippen LogP contribution in [0.3, 0.4) is 0 Å². The summed E-state index contributed by atoms with van der Waals surface area (Å²) in [5.74, 6) is -0.541. The maximum Gasteiger partial charge on any atom is 0.258 e. The van der Waals surface area contributed by atoms with Crippen molar-refractivity contribution in [3.8, 4) is 11.5 Å². The lowest BCUT2D eigenvalue weighted by atomic mass is 10.0. The molecule has 25 heavy (non-hydrogen) atoms. The summed E-state index contributed by atoms with van der Waals surface area (Å²) in [6, 6.07) is 12.6. The highest BCUT2D eigenvalue weighted by Gasteiger charge is 2.15. The predicted octanol–water partition coefficient (Wildman–Crippen LogP) is 1.72. The molecule has 0 heterocycles. The first-order chi connectivity index (χ1) is 12.0. The maximum absolute atomic E-state index is 12.1. The number of ether oxygens (including phenoxy) is 2. The molecule has 132 valence electrons. The molecule has 0 aliphatic heterocycles. The summed E-state index contributed by atoms with van der Waals surface area (Å²) in [5.41, 5.74) is 0.617. The van der Waals surface area contributed by atoms with Crippen molar-refractivity contribution in [2.24, 2.45) is 0 Å². The lowest BCUT2D eigenvalue weighted by Gasteiger charge is -2.20. The average molecular weight is 363 g/mol. The van der Waals surface area contributed by atoms with Crippen LogP contribution < -0.4 is 19.9 Å². The molecule has 0 aliphatic carbocycles. The number of amides is 1. The summed E-state index contributed by atoms with van der Waals surface area (Å²) in [6.07, 6.45) is -0.351. The number of carbonyl (C=O) groups excluding carboxylic acids is 2. The molecule has 1 atom stereocenters. The van der Waals surface area contributed by atoms with Gasteiger partial charge in [0.05, 0.1) is 13.2 Å². The molecule has 0 fully saturated rings. The van der Waals surface area contributed by atoms with Crippen molar-refractivity contribution in [1.29, 1.82) is 0 Å². The quantitative estimate of drug-likeness (QED) is 0.772. The lowest BCUT2D eigenvalue weighted by Crippen LogP contribution is -2.36. The third kappa shape index (κ3) is 6.00. The average Bonchev–Trinajstić information content (AvgIpc) is 2.60. The molecule has 1 N–H and O–H groups in total. The molecule has 7 heteroatoms. The van der Waals surface area contributed by atoms with Crippen LogP contribution in [-0.4, -0.2) is 25.6 Å². The summed E-state index contributed by atoms with van der Waals surface area (Å²) in [5, 5.41) is 14.1. The minimum atomic E-state index is -1.27. The van der Waals surface area contributed by atoms with Gasteiger partial charge in [-0.2, -0.15) is 0 Å². The Labute approximate surface area is 150 Å². The van der Waals surface area contributed by atoms with Gasteiger partial charge < -0.3 is 24.7 Å². The predicted molar refractivity (Wildman–Crippen MR) is 90.4 cm³/mol. The smallest absolute Gasteiger partial charge is 0.258 e. The van der Waals surface area contributed by atoms with E-state index in [9.17, 15) is 14.7 Å². The Hall–Kier alpha value is -2.73. The monoisotopic (exact) mass is 362 g/mol. The molecule has 0 spiro atoms. The zero-order valence-corrected chi connectivity index (χ0v) is 14.3. The molecule has 0 aromatic heterocycles. The molecule has 1 amide bonds. The van der Waals surface area contributed by atoms with Crippen molar-refractivity contribution in [3.63, 3.8) is 0 Å². The van der Waals surface area contributed by atoms with Crippen LogP contribution >= 0.6 is 11.6 Å². The molecule has 1 unspecified atom stereocenters. The Morgan fingerprint density at radius 2 is 1.68 bits per heavy atom. The van der Waals surface area contributed by atoms with Crippen molar-refractivity contribution in [2.45, 2.75) is 12.5 Å². The summed E-state index contributed by atoms with van der Waals surface area (Å²) >= 11 is 5.82. The van der Waals surface area contributed by atoms with E-state index in [1.54, 1.807) is 55.6 Å². The molecule has 0 aliphatic rings. The SMILES string of the molecule is COc1ccc(OCC(=O)NC(CC(=O)[O-])c2ccc(Cl)cc2)cc1. The van der Waals surface area contributed by atoms with Gasteiger partial charge in [0, 0.05) is 17.4 Å². The number of benzene rings is 2. The van der Waals surface area contributed by atoms with E-state index in [0.29, 0.717) is 22.1 Å². The molecule has 2 aromatic rings. The van der Waals surface area contributed by atoms with Gasteiger partial charge in [-0.05, 0) is 42.0 Å². The van der Waals surface area contributed by atoms with E-state index in [2.05, 4.69) is 5.32 Å². The van der Waals surface area contributed by atoms with Gasteiger partial charge >= 0.3 is 0 Å². The van der Waals surface area contributed by atoms with Crippen molar-refractivity contribution >= 4 is 23.5 Å². The van der Waals surface area contributed by atoms with Gasteiger partial charge in [0.2, 0.25) is 0 Å². The molecule has 0 saturated carbocycles. The number of rotatable bonds is 8. The van der Waals surface area contributed by atoms with Crippen LogP contribution in [0.2, 0.25) is 5.02 Å². The first-order valence-corrected chi connectivity index (χ1v) is 7.87. The molecule has 0 bridgehead atoms. The van der Waals surface area contributed by atoms with E-state index in [1.165, 1.54) is 0 Å². The second-order valence-electron chi connectivity index (χ2n) is 5.21. The van der Waals surface area contributed by atoms with Crippen molar-refractivity contribution in [2.75, 3.05) is 13.7 Å². The summed E-state index contributed by atoms with van der Waals surface area (Å²) in [6.45, 7) is -0.247. The standard InChI is InChI=1S/C18H18ClNO5/c1-24-14-6-8-15(9-7-14)25-11-17(21)20-16(10-18(22)23)12-2-4-13(19)5-3-12/h2-9,16H,10-11H2,1H3,(H,20,21)(H,22,23)/p-1. The fraction of sp³-hybridized carbons (Fsp3) is 0.222. The highest BCUT2D eigenvalue weighted by molar-refractivity contribution is 6.30. The van der Waals surface area contributed by atoms with E-state index in [4.69, 9.17) is 21.1 Å². The lowest BCUT2D eigenvalue weighted by molar-refractivity contribution is -0.306. The molecule has 2 aromatic carbocycles. The zero-order chi connectivity index (χ0) is 18.2. The van der Waals surface area contributed by atoms with Crippen LogP contribution in [0.1, 0.15) is 18.0 Å². The van der Waals surface area contributed by atoms with Gasteiger partial charge in [-0.25, -0.2) is 0 Å². The molecule has 2 rings (SSSR count). The Morgan fingerprint density at radius 1 is 1.08 bits per heavy atom. The van der Waals surface area contributed by atoms with Crippen LogP contribution in [0, 0.1) is 0 Å². The number of methoxy groups -OCH3 is 1. The summed E-state index contributed by atoms with van der Waals surface area (Å²) in [4.78, 5) is 23.0. The highest BCUT2D eigenvalue weighted by atomic mass is 35.5. The molecule has 0 saturated heterocycles. The fourth-order valence-corrected chi connectivity index (χ4v) is 2.30. The van der Waals surface area contributed by atoms with Gasteiger partial charge in [-0.1, -0.05) is 23.7 Å². The van der Waals surface area contributed by atoms with Crippen LogP contribution in [0.15, 0.2) is 48.5 Å². The Morgan fingerprint density at radius 3 is 2.24 bits per heavy atom. The van der Waals surface area contributed by atoms with Crippen LogP contribution in [0.5, 0.6) is 11.5 Å². The van der Waals surface area contributed by atoms with E-state index in [-0.39, 0.29) is 13.0 Å². The number of carbonyl (C=O) groups is 2. The van der Waals surface area contributed by atoms with Crippen molar-refractivity contribution in [1.82, 2.24) is 5.32 Å². The van der Waals surface area contributed by atoms with Crippen LogP contribution in [0.4, 0.5) is 0 Å². The fourth-order valence-electron chi connectivity index (χ4n) is 2.17. The van der Waals surface area contributed by atoms with Crippen LogP contribution in [-0.2, 0) is 9.59 Å². The zero-order valence-electron chi connectivity index (χ0n) is 13.5. The number of nitrogens with one attached hydrogen (secondary N) is 1. The van der Waals surface area contributed by atoms with Gasteiger partial charge in [-0.15, -0.1) is 0 Å². The molecule has 6 nitrogen and oxygen atoms in total. The molecular weight excluding hydrogens is 346 g/mol. The first-order valence-electron chi connectivity index (χ1n) is 7.49. The van der Waals surface area contributed by atoms with Gasteiger partial charge in [0.25, 0.3) is 5.91 Å². The largest absolute Gasteiger partial charge is 0.550 e. The van der Waals surface area contributed by atoms with E-state index >= 15 is 0 Å². The Balaban J connectivity index is 1.96. The van der Waals surface area contributed by atoms with Crippen LogP contribution in [0.25, 0.3) is 0 Å². The minimum Gasteiger partial charge on any atom is -0.550 e. The second-order valence-corrected chi connectivity index (χ2v) is 5.65. The van der Waals surface area contributed by atoms with Gasteiger partial charge in [-0.3, -0.25) is 4.79 Å². The maximum atomic E-state index is 12.1. The van der Waals surface area contributed by atoms with E-state index < -0.39 is 17.9 Å². The third-order valence-corrected chi connectivity index (χ3v) is 3.66. The normalized spacial score (nSPS) is 11.4. The van der Waals surface area contributed by atoms with Gasteiger partial charge in [0.1, 0.15) is 11.5 Å². The van der Waals surface area contributed by atoms with Crippen molar-refractivity contribution < 1.29 is 24.2 Å². The minimum absolute atomic E-state index is 0.247. The third-order valence-electron chi connectivity index (χ3n) is 3.41. The number of halogens is 1. The Kier molecular flexibility index (Phi) is 6.65. The highest BCUT2D eigenvalue weighted by Crippen LogP contribution is 2.20. The number of hydrogen-bond acceptors (Lipinski definition) is 5. The van der Waals surface area contributed by atoms with Crippen molar-refractivity contribution in [3.05, 3.63) is 59.1 Å². The van der Waals surface area contributed by atoms with E-state index in [1.807, 2.05) is 0 Å². The molecular formula is C18H17ClNO5-. The topological polar surface area (TPSA) is 87.7 Å². The second kappa shape index (κ2) is 8.94. The number of carboxylic acid groups (broad SMARTS) is 1. The number of carboxylic acids is 1. The molecule has 0 radical (unpaired) electrons. The first kappa shape index (κ1) is 18.6. The van der Waals surface area contributed by atoms with E-state index in [0.717, 1.165) is 0 Å². The Bertz CT molecular complexity index is 715. The summed E-state index contributed by atoms with van der Waals surface area (Å²) < 4.78 is 10.4. The number of aliphatic carboxylic acids is 1. The summed E-state index contributed by atoms with van der Waals surface area (Å²) in [7, 11) is 1.55. The number of hydrogen-bond donors (Lipinski definition) is 1. The van der Waals surface area contributed by atoms with Gasteiger partial charge in [0.15, 0.2) is 6.61 Å².